The molecule has 0 fully saturated rings. The average Bonchev–Trinajstić information content (AvgIpc) is 2.53. The second-order valence-electron chi connectivity index (χ2n) is 6.67. The summed E-state index contributed by atoms with van der Waals surface area (Å²) in [7, 11) is 0. The molecule has 1 amide bonds. The maximum atomic E-state index is 14.1. The third-order valence-corrected chi connectivity index (χ3v) is 3.42. The molecule has 1 aliphatic rings. The van der Waals surface area contributed by atoms with E-state index in [9.17, 15) is 28.1 Å². The minimum Gasteiger partial charge on any atom is -0.443 e. The lowest BCUT2D eigenvalue weighted by molar-refractivity contribution is -0.385. The molecule has 0 spiro atoms. The van der Waals surface area contributed by atoms with Gasteiger partial charge in [-0.05, 0) is 26.8 Å². The van der Waals surface area contributed by atoms with Gasteiger partial charge in [-0.25, -0.2) is 14.1 Å². The zero-order valence-electron chi connectivity index (χ0n) is 14.8. The molecule has 1 atom stereocenters. The number of hydrogen-bond acceptors (Lipinski definition) is 6. The van der Waals surface area contributed by atoms with E-state index in [1.807, 2.05) is 0 Å². The highest BCUT2D eigenvalue weighted by Gasteiger charge is 2.35. The molecule has 0 aliphatic carbocycles. The number of carbonyl (C=O) groups excluding carboxylic acids is 1. The fourth-order valence-corrected chi connectivity index (χ4v) is 2.32. The molecule has 0 saturated heterocycles. The number of non-ortho nitro benzene ring substituents is 1. The molecule has 0 N–H and O–H groups in total. The minimum absolute atomic E-state index is 0.0205. The van der Waals surface area contributed by atoms with Crippen molar-refractivity contribution >= 4 is 17.6 Å². The topological polar surface area (TPSA) is 94.3 Å². The number of hydrogen-bond donors (Lipinski definition) is 0. The molecule has 1 unspecified atom stereocenters. The highest BCUT2D eigenvalue weighted by Crippen LogP contribution is 2.28. The molecular formula is C16H18F3N3O5. The molecule has 0 bridgehead atoms. The summed E-state index contributed by atoms with van der Waals surface area (Å²) in [6, 6.07) is 1.68. The number of ether oxygens (including phenoxy) is 2. The summed E-state index contributed by atoms with van der Waals surface area (Å²) in [5.41, 5.74) is -1.60. The Labute approximate surface area is 152 Å². The maximum Gasteiger partial charge on any atom is 0.420 e. The molecule has 2 rings (SSSR count). The normalized spacial score (nSPS) is 17.4. The van der Waals surface area contributed by atoms with Gasteiger partial charge in [-0.3, -0.25) is 15.1 Å². The van der Waals surface area contributed by atoms with Crippen molar-refractivity contribution in [1.29, 1.82) is 0 Å². The van der Waals surface area contributed by atoms with Crippen LogP contribution in [-0.4, -0.2) is 47.1 Å². The van der Waals surface area contributed by atoms with Crippen molar-refractivity contribution in [2.24, 2.45) is 4.99 Å². The van der Waals surface area contributed by atoms with Gasteiger partial charge in [-0.2, -0.15) is 8.78 Å². The Bertz CT molecular complexity index is 764. The van der Waals surface area contributed by atoms with E-state index in [1.165, 1.54) is 20.8 Å². The van der Waals surface area contributed by atoms with Crippen molar-refractivity contribution < 1.29 is 32.4 Å². The fourth-order valence-electron chi connectivity index (χ4n) is 2.32. The molecular weight excluding hydrogens is 371 g/mol. The smallest absolute Gasteiger partial charge is 0.420 e. The fraction of sp³-hybridized carbons (Fsp3) is 0.500. The van der Waals surface area contributed by atoms with Crippen LogP contribution >= 0.6 is 0 Å². The quantitative estimate of drug-likeness (QED) is 0.447. The summed E-state index contributed by atoms with van der Waals surface area (Å²) in [5.74, 6) is -1.26. The van der Waals surface area contributed by atoms with Gasteiger partial charge in [0.1, 0.15) is 29.9 Å². The Morgan fingerprint density at radius 2 is 2.11 bits per heavy atom. The van der Waals surface area contributed by atoms with Crippen molar-refractivity contribution in [3.05, 3.63) is 39.7 Å². The summed E-state index contributed by atoms with van der Waals surface area (Å²) < 4.78 is 51.0. The van der Waals surface area contributed by atoms with Gasteiger partial charge in [-0.1, -0.05) is 0 Å². The van der Waals surface area contributed by atoms with Gasteiger partial charge in [0.05, 0.1) is 11.5 Å². The summed E-state index contributed by atoms with van der Waals surface area (Å²) in [6.07, 6.45) is -1.33. The van der Waals surface area contributed by atoms with Crippen LogP contribution in [0.25, 0.3) is 0 Å². The lowest BCUT2D eigenvalue weighted by Gasteiger charge is -2.30. The molecule has 1 aromatic rings. The van der Waals surface area contributed by atoms with E-state index >= 15 is 0 Å². The van der Waals surface area contributed by atoms with Gasteiger partial charge in [0, 0.05) is 17.7 Å². The molecule has 148 valence electrons. The molecule has 1 aliphatic heterocycles. The molecule has 1 aromatic carbocycles. The van der Waals surface area contributed by atoms with Gasteiger partial charge in [0.15, 0.2) is 0 Å². The van der Waals surface area contributed by atoms with Crippen LogP contribution in [0.5, 0.6) is 0 Å². The number of nitrogens with zero attached hydrogens (tertiary/aromatic N) is 3. The molecule has 0 radical (unpaired) electrons. The second-order valence-corrected chi connectivity index (χ2v) is 6.67. The van der Waals surface area contributed by atoms with Crippen LogP contribution in [0.15, 0.2) is 23.2 Å². The first kappa shape index (κ1) is 20.6. The first-order valence-electron chi connectivity index (χ1n) is 7.88. The van der Waals surface area contributed by atoms with Crippen molar-refractivity contribution in [3.63, 3.8) is 0 Å². The van der Waals surface area contributed by atoms with E-state index < -0.39 is 47.5 Å². The lowest BCUT2D eigenvalue weighted by atomic mass is 10.1. The average molecular weight is 389 g/mol. The number of nitro benzene ring substituents is 1. The lowest BCUT2D eigenvalue weighted by Crippen LogP contribution is -2.47. The van der Waals surface area contributed by atoms with Crippen molar-refractivity contribution in [1.82, 2.24) is 4.90 Å². The molecule has 27 heavy (non-hydrogen) atoms. The number of rotatable bonds is 3. The Morgan fingerprint density at radius 1 is 1.44 bits per heavy atom. The van der Waals surface area contributed by atoms with E-state index in [-0.39, 0.29) is 22.8 Å². The number of amides is 1. The number of nitro groups is 1. The zero-order valence-corrected chi connectivity index (χ0v) is 14.8. The summed E-state index contributed by atoms with van der Waals surface area (Å²) in [4.78, 5) is 26.2. The first-order chi connectivity index (χ1) is 12.5. The Morgan fingerprint density at radius 3 is 2.67 bits per heavy atom. The summed E-state index contributed by atoms with van der Waals surface area (Å²) in [6.45, 7) is 0.652. The van der Waals surface area contributed by atoms with Gasteiger partial charge in [0.25, 0.3) is 5.69 Å². The van der Waals surface area contributed by atoms with Crippen LogP contribution in [0.2, 0.25) is 0 Å². The zero-order chi connectivity index (χ0) is 20.4. The van der Waals surface area contributed by atoms with Crippen LogP contribution < -0.4 is 0 Å². The number of halogens is 3. The predicted octanol–water partition coefficient (Wildman–Crippen LogP) is 3.66. The van der Waals surface area contributed by atoms with E-state index in [4.69, 9.17) is 9.47 Å². The monoisotopic (exact) mass is 389 g/mol. The second kappa shape index (κ2) is 7.91. The van der Waals surface area contributed by atoms with E-state index in [0.717, 1.165) is 18.2 Å². The number of alkyl halides is 2. The molecule has 1 heterocycles. The van der Waals surface area contributed by atoms with Crippen LogP contribution in [0, 0.1) is 15.9 Å². The summed E-state index contributed by atoms with van der Waals surface area (Å²) in [5, 5.41) is 10.9. The third-order valence-electron chi connectivity index (χ3n) is 3.42. The molecule has 11 heteroatoms. The number of benzene rings is 1. The van der Waals surface area contributed by atoms with Gasteiger partial charge >= 0.3 is 12.6 Å². The van der Waals surface area contributed by atoms with Crippen LogP contribution in [0.1, 0.15) is 32.4 Å². The Hall–Kier alpha value is -2.69. The van der Waals surface area contributed by atoms with Crippen molar-refractivity contribution in [2.45, 2.75) is 39.0 Å². The Balaban J connectivity index is 2.37. The van der Waals surface area contributed by atoms with E-state index in [0.29, 0.717) is 0 Å². The van der Waals surface area contributed by atoms with Crippen molar-refractivity contribution in [3.8, 4) is 0 Å². The molecule has 8 nitrogen and oxygen atoms in total. The number of carbonyl (C=O) groups is 1. The Kier molecular flexibility index (Phi) is 6.04. The molecule has 0 aromatic heterocycles. The van der Waals surface area contributed by atoms with Crippen molar-refractivity contribution in [2.75, 3.05) is 13.2 Å². The third kappa shape index (κ3) is 5.16. The largest absolute Gasteiger partial charge is 0.443 e. The predicted molar refractivity (Wildman–Crippen MR) is 88.1 cm³/mol. The van der Waals surface area contributed by atoms with Crippen LogP contribution in [-0.2, 0) is 9.47 Å². The highest BCUT2D eigenvalue weighted by atomic mass is 19.3. The SMILES string of the molecule is CC(C)(C)OC(=O)N(C1=NC(c2cc([N+](=O)[O-])ccc2F)COC1)C(F)F. The van der Waals surface area contributed by atoms with Crippen LogP contribution in [0.4, 0.5) is 23.7 Å². The van der Waals surface area contributed by atoms with E-state index in [1.54, 1.807) is 0 Å². The number of amidine groups is 1. The maximum absolute atomic E-state index is 14.1. The van der Waals surface area contributed by atoms with Gasteiger partial charge in [0.2, 0.25) is 0 Å². The van der Waals surface area contributed by atoms with Crippen LogP contribution in [0.3, 0.4) is 0 Å². The standard InChI is InChI=1S/C16H18F3N3O5/c1-16(2,3)27-15(23)21(14(18)19)13-8-26-7-12(20-13)10-6-9(22(24)25)4-5-11(10)17/h4-6,12,14H,7-8H2,1-3H3. The number of aliphatic imine (C=N–C) groups is 1. The summed E-state index contributed by atoms with van der Waals surface area (Å²) >= 11 is 0. The highest BCUT2D eigenvalue weighted by molar-refractivity contribution is 5.96. The molecule has 0 saturated carbocycles. The first-order valence-corrected chi connectivity index (χ1v) is 7.88. The van der Waals surface area contributed by atoms with Gasteiger partial charge < -0.3 is 9.47 Å². The minimum atomic E-state index is -3.27. The van der Waals surface area contributed by atoms with E-state index in [2.05, 4.69) is 4.99 Å². The van der Waals surface area contributed by atoms with Gasteiger partial charge in [-0.15, -0.1) is 0 Å².